The Labute approximate surface area is 137 Å². The van der Waals surface area contributed by atoms with E-state index in [1.165, 1.54) is 18.2 Å². The molecule has 0 aliphatic carbocycles. The highest BCUT2D eigenvalue weighted by molar-refractivity contribution is 6.23. The lowest BCUT2D eigenvalue weighted by Gasteiger charge is -2.16. The van der Waals surface area contributed by atoms with Gasteiger partial charge >= 0.3 is 0 Å². The Balaban J connectivity index is 1.98. The third-order valence-corrected chi connectivity index (χ3v) is 3.77. The average molecular weight is 326 g/mol. The molecule has 7 nitrogen and oxygen atoms in total. The van der Waals surface area contributed by atoms with Crippen LogP contribution in [-0.4, -0.2) is 28.2 Å². The Morgan fingerprint density at radius 1 is 1.08 bits per heavy atom. The molecule has 2 aromatic carbocycles. The molecular formula is C17H14N2O5. The van der Waals surface area contributed by atoms with Gasteiger partial charge in [0.15, 0.2) is 0 Å². The molecule has 0 atom stereocenters. The molecule has 0 spiro atoms. The van der Waals surface area contributed by atoms with Gasteiger partial charge in [0.05, 0.1) is 23.6 Å². The number of amides is 2. The molecule has 0 fully saturated rings. The Bertz CT molecular complexity index is 847. The molecule has 122 valence electrons. The molecule has 1 heterocycles. The van der Waals surface area contributed by atoms with Crippen LogP contribution in [-0.2, 0) is 6.54 Å². The van der Waals surface area contributed by atoms with E-state index in [9.17, 15) is 19.7 Å². The summed E-state index contributed by atoms with van der Waals surface area (Å²) in [5.41, 5.74) is 0.215. The van der Waals surface area contributed by atoms with Gasteiger partial charge in [0.1, 0.15) is 11.3 Å². The monoisotopic (exact) mass is 326 g/mol. The van der Waals surface area contributed by atoms with Crippen molar-refractivity contribution in [3.63, 3.8) is 0 Å². The van der Waals surface area contributed by atoms with Crippen LogP contribution in [0.2, 0.25) is 0 Å². The van der Waals surface area contributed by atoms with Crippen LogP contribution >= 0.6 is 0 Å². The maximum absolute atomic E-state index is 12.6. The highest BCUT2D eigenvalue weighted by atomic mass is 16.6. The number of hydrogen-bond acceptors (Lipinski definition) is 5. The number of para-hydroxylation sites is 1. The minimum absolute atomic E-state index is 0.000323. The van der Waals surface area contributed by atoms with Crippen LogP contribution in [0.1, 0.15) is 33.2 Å². The number of benzene rings is 2. The fourth-order valence-electron chi connectivity index (χ4n) is 2.71. The molecule has 0 N–H and O–H groups in total. The summed E-state index contributed by atoms with van der Waals surface area (Å²) in [6, 6.07) is 11.1. The molecule has 2 amide bonds. The van der Waals surface area contributed by atoms with Crippen molar-refractivity contribution in [2.45, 2.75) is 13.5 Å². The molecular weight excluding hydrogens is 312 g/mol. The summed E-state index contributed by atoms with van der Waals surface area (Å²) < 4.78 is 5.50. The number of imide groups is 1. The van der Waals surface area contributed by atoms with Crippen LogP contribution in [0.25, 0.3) is 0 Å². The lowest BCUT2D eigenvalue weighted by atomic mass is 10.1. The Kier molecular flexibility index (Phi) is 3.99. The quantitative estimate of drug-likeness (QED) is 0.479. The zero-order valence-corrected chi connectivity index (χ0v) is 12.9. The van der Waals surface area contributed by atoms with Crippen LogP contribution in [0.4, 0.5) is 5.69 Å². The number of nitro benzene ring substituents is 1. The first kappa shape index (κ1) is 15.7. The van der Waals surface area contributed by atoms with E-state index >= 15 is 0 Å². The summed E-state index contributed by atoms with van der Waals surface area (Å²) in [7, 11) is 0. The molecule has 0 saturated carbocycles. The largest absolute Gasteiger partial charge is 0.494 e. The van der Waals surface area contributed by atoms with Crippen molar-refractivity contribution in [1.29, 1.82) is 0 Å². The number of carbonyl (C=O) groups excluding carboxylic acids is 2. The van der Waals surface area contributed by atoms with Gasteiger partial charge in [-0.1, -0.05) is 24.3 Å². The Morgan fingerprint density at radius 3 is 2.54 bits per heavy atom. The van der Waals surface area contributed by atoms with Gasteiger partial charge in [-0.05, 0) is 19.1 Å². The molecule has 0 bridgehead atoms. The normalized spacial score (nSPS) is 13.1. The van der Waals surface area contributed by atoms with Crippen molar-refractivity contribution >= 4 is 17.5 Å². The lowest BCUT2D eigenvalue weighted by Crippen LogP contribution is -2.29. The second kappa shape index (κ2) is 6.11. The predicted molar refractivity (Wildman–Crippen MR) is 84.9 cm³/mol. The fourth-order valence-corrected chi connectivity index (χ4v) is 2.71. The number of rotatable bonds is 5. The van der Waals surface area contributed by atoms with Crippen LogP contribution < -0.4 is 4.74 Å². The second-order valence-corrected chi connectivity index (χ2v) is 5.19. The molecule has 7 heteroatoms. The highest BCUT2D eigenvalue weighted by Crippen LogP contribution is 2.32. The van der Waals surface area contributed by atoms with Gasteiger partial charge < -0.3 is 4.74 Å². The first-order valence-electron chi connectivity index (χ1n) is 7.39. The first-order valence-corrected chi connectivity index (χ1v) is 7.39. The maximum Gasteiger partial charge on any atom is 0.282 e. The van der Waals surface area contributed by atoms with E-state index in [0.717, 1.165) is 4.90 Å². The number of nitrogens with zero attached hydrogens (tertiary/aromatic N) is 2. The van der Waals surface area contributed by atoms with Gasteiger partial charge in [0.25, 0.3) is 17.5 Å². The van der Waals surface area contributed by atoms with Crippen LogP contribution in [0, 0.1) is 10.1 Å². The van der Waals surface area contributed by atoms with Crippen molar-refractivity contribution < 1.29 is 19.2 Å². The Morgan fingerprint density at radius 2 is 1.83 bits per heavy atom. The minimum Gasteiger partial charge on any atom is -0.494 e. The summed E-state index contributed by atoms with van der Waals surface area (Å²) >= 11 is 0. The van der Waals surface area contributed by atoms with Crippen LogP contribution in [0.15, 0.2) is 42.5 Å². The number of fused-ring (bicyclic) bond motifs is 1. The number of hydrogen-bond donors (Lipinski definition) is 0. The van der Waals surface area contributed by atoms with Gasteiger partial charge in [0.2, 0.25) is 0 Å². The molecule has 0 saturated heterocycles. The van der Waals surface area contributed by atoms with Crippen molar-refractivity contribution in [1.82, 2.24) is 4.90 Å². The zero-order valence-electron chi connectivity index (χ0n) is 12.9. The summed E-state index contributed by atoms with van der Waals surface area (Å²) in [6.45, 7) is 2.28. The van der Waals surface area contributed by atoms with Crippen molar-refractivity contribution in [3.05, 3.63) is 69.3 Å². The molecule has 3 rings (SSSR count). The molecule has 0 unspecified atom stereocenters. The van der Waals surface area contributed by atoms with E-state index in [0.29, 0.717) is 17.9 Å². The number of ether oxygens (including phenoxy) is 1. The lowest BCUT2D eigenvalue weighted by molar-refractivity contribution is -0.385. The summed E-state index contributed by atoms with van der Waals surface area (Å²) in [6.07, 6.45) is 0. The third kappa shape index (κ3) is 2.50. The fraction of sp³-hybridized carbons (Fsp3) is 0.176. The SMILES string of the molecule is CCOc1ccccc1CN1C(=O)c2cccc([N+](=O)[O-])c2C1=O. The van der Waals surface area contributed by atoms with E-state index < -0.39 is 16.7 Å². The average Bonchev–Trinajstić information content (AvgIpc) is 2.82. The highest BCUT2D eigenvalue weighted by Gasteiger charge is 2.41. The van der Waals surface area contributed by atoms with Gasteiger partial charge in [-0.2, -0.15) is 0 Å². The van der Waals surface area contributed by atoms with Gasteiger partial charge in [0, 0.05) is 11.6 Å². The molecule has 1 aliphatic heterocycles. The van der Waals surface area contributed by atoms with Crippen molar-refractivity contribution in [3.8, 4) is 5.75 Å². The van der Waals surface area contributed by atoms with Crippen LogP contribution in [0.3, 0.4) is 0 Å². The maximum atomic E-state index is 12.6. The summed E-state index contributed by atoms with van der Waals surface area (Å²) in [5.74, 6) is -0.621. The van der Waals surface area contributed by atoms with Gasteiger partial charge in [-0.25, -0.2) is 0 Å². The third-order valence-electron chi connectivity index (χ3n) is 3.77. The number of carbonyl (C=O) groups is 2. The first-order chi connectivity index (χ1) is 11.5. The van der Waals surface area contributed by atoms with Crippen molar-refractivity contribution in [2.75, 3.05) is 6.61 Å². The molecule has 0 aromatic heterocycles. The van der Waals surface area contributed by atoms with Gasteiger partial charge in [-0.3, -0.25) is 24.6 Å². The molecule has 2 aromatic rings. The molecule has 24 heavy (non-hydrogen) atoms. The zero-order chi connectivity index (χ0) is 17.3. The van der Waals surface area contributed by atoms with E-state index in [2.05, 4.69) is 0 Å². The number of nitro groups is 1. The minimum atomic E-state index is -0.659. The predicted octanol–water partition coefficient (Wildman–Crippen LogP) is 2.79. The smallest absolute Gasteiger partial charge is 0.282 e. The molecule has 1 aliphatic rings. The standard InChI is InChI=1S/C17H14N2O5/c1-2-24-14-9-4-3-6-11(14)10-18-16(20)12-7-5-8-13(19(22)23)15(12)17(18)21/h3-9H,2,10H2,1H3. The van der Waals surface area contributed by atoms with E-state index in [1.807, 2.05) is 6.92 Å². The van der Waals surface area contributed by atoms with Crippen LogP contribution in [0.5, 0.6) is 5.75 Å². The van der Waals surface area contributed by atoms with E-state index in [1.54, 1.807) is 24.3 Å². The van der Waals surface area contributed by atoms with E-state index in [4.69, 9.17) is 4.74 Å². The summed E-state index contributed by atoms with van der Waals surface area (Å²) in [4.78, 5) is 36.5. The molecule has 0 radical (unpaired) electrons. The van der Waals surface area contributed by atoms with Gasteiger partial charge in [-0.15, -0.1) is 0 Å². The second-order valence-electron chi connectivity index (χ2n) is 5.19. The van der Waals surface area contributed by atoms with Crippen molar-refractivity contribution in [2.24, 2.45) is 0 Å². The van der Waals surface area contributed by atoms with E-state index in [-0.39, 0.29) is 23.4 Å². The summed E-state index contributed by atoms with van der Waals surface area (Å²) in [5, 5.41) is 11.1. The Hall–Kier alpha value is -3.22. The topological polar surface area (TPSA) is 89.8 Å².